The van der Waals surface area contributed by atoms with Gasteiger partial charge in [-0.1, -0.05) is 0 Å². The van der Waals surface area contributed by atoms with Crippen LogP contribution in [-0.2, 0) is 4.74 Å². The van der Waals surface area contributed by atoms with E-state index in [1.54, 1.807) is 37.4 Å². The number of nitrogens with zero attached hydrogens (tertiary/aromatic N) is 2. The standard InChI is InChI=1S/C12H19N3O2/c1-4-13-11-6-5-10(9-14-11)12(16)15(2)7-8-17-3/h5-6,9H,4,7-8H2,1-3H3,(H,13,14). The topological polar surface area (TPSA) is 54.5 Å². The van der Waals surface area contributed by atoms with Crippen LogP contribution in [-0.4, -0.2) is 49.6 Å². The predicted molar refractivity (Wildman–Crippen MR) is 67.2 cm³/mol. The summed E-state index contributed by atoms with van der Waals surface area (Å²) in [5.41, 5.74) is 0.588. The zero-order valence-electron chi connectivity index (χ0n) is 10.6. The van der Waals surface area contributed by atoms with Crippen molar-refractivity contribution < 1.29 is 9.53 Å². The van der Waals surface area contributed by atoms with E-state index in [1.165, 1.54) is 0 Å². The molecule has 1 aromatic heterocycles. The third-order valence-corrected chi connectivity index (χ3v) is 2.35. The molecule has 94 valence electrons. The van der Waals surface area contributed by atoms with Gasteiger partial charge < -0.3 is 15.0 Å². The van der Waals surface area contributed by atoms with E-state index in [9.17, 15) is 4.79 Å². The second kappa shape index (κ2) is 6.85. The number of ether oxygens (including phenoxy) is 1. The maximum absolute atomic E-state index is 11.9. The molecule has 0 fully saturated rings. The van der Waals surface area contributed by atoms with E-state index >= 15 is 0 Å². The number of methoxy groups -OCH3 is 1. The molecular formula is C12H19N3O2. The first-order chi connectivity index (χ1) is 8.19. The van der Waals surface area contributed by atoms with Crippen molar-refractivity contribution in [3.63, 3.8) is 0 Å². The number of anilines is 1. The number of carbonyl (C=O) groups excluding carboxylic acids is 1. The Balaban J connectivity index is 2.62. The summed E-state index contributed by atoms with van der Waals surface area (Å²) >= 11 is 0. The van der Waals surface area contributed by atoms with Gasteiger partial charge in [-0.25, -0.2) is 4.98 Å². The summed E-state index contributed by atoms with van der Waals surface area (Å²) in [6.45, 7) is 3.92. The molecule has 0 aliphatic carbocycles. The predicted octanol–water partition coefficient (Wildman–Crippen LogP) is 1.23. The normalized spacial score (nSPS) is 10.1. The van der Waals surface area contributed by atoms with Crippen molar-refractivity contribution in [3.05, 3.63) is 23.9 Å². The van der Waals surface area contributed by atoms with Crippen molar-refractivity contribution in [2.75, 3.05) is 39.2 Å². The smallest absolute Gasteiger partial charge is 0.255 e. The third kappa shape index (κ3) is 4.03. The number of likely N-dealkylation sites (N-methyl/N-ethyl adjacent to an activating group) is 1. The van der Waals surface area contributed by atoms with Gasteiger partial charge in [-0.2, -0.15) is 0 Å². The molecule has 0 saturated carbocycles. The Morgan fingerprint density at radius 2 is 2.29 bits per heavy atom. The summed E-state index contributed by atoms with van der Waals surface area (Å²) in [7, 11) is 3.37. The van der Waals surface area contributed by atoms with Gasteiger partial charge in [0.05, 0.1) is 12.2 Å². The van der Waals surface area contributed by atoms with Crippen LogP contribution in [0.3, 0.4) is 0 Å². The fraction of sp³-hybridized carbons (Fsp3) is 0.500. The number of hydrogen-bond acceptors (Lipinski definition) is 4. The Morgan fingerprint density at radius 3 is 2.82 bits per heavy atom. The highest BCUT2D eigenvalue weighted by Crippen LogP contribution is 2.06. The van der Waals surface area contributed by atoms with E-state index < -0.39 is 0 Å². The van der Waals surface area contributed by atoms with E-state index in [2.05, 4.69) is 10.3 Å². The molecule has 0 atom stereocenters. The van der Waals surface area contributed by atoms with Gasteiger partial charge in [-0.05, 0) is 19.1 Å². The van der Waals surface area contributed by atoms with Crippen LogP contribution < -0.4 is 5.32 Å². The second-order valence-corrected chi connectivity index (χ2v) is 3.68. The van der Waals surface area contributed by atoms with Crippen LogP contribution >= 0.6 is 0 Å². The first kappa shape index (κ1) is 13.4. The summed E-state index contributed by atoms with van der Waals surface area (Å²) in [5.74, 6) is 0.737. The van der Waals surface area contributed by atoms with Gasteiger partial charge in [0, 0.05) is 33.4 Å². The molecule has 1 aromatic rings. The average Bonchev–Trinajstić information content (AvgIpc) is 2.36. The van der Waals surface area contributed by atoms with Crippen molar-refractivity contribution in [1.82, 2.24) is 9.88 Å². The van der Waals surface area contributed by atoms with E-state index in [4.69, 9.17) is 4.74 Å². The number of aromatic nitrogens is 1. The van der Waals surface area contributed by atoms with E-state index in [-0.39, 0.29) is 5.91 Å². The van der Waals surface area contributed by atoms with Gasteiger partial charge in [-0.3, -0.25) is 4.79 Å². The molecule has 0 aliphatic heterocycles. The molecule has 0 bridgehead atoms. The van der Waals surface area contributed by atoms with Crippen molar-refractivity contribution in [2.24, 2.45) is 0 Å². The van der Waals surface area contributed by atoms with Gasteiger partial charge >= 0.3 is 0 Å². The Morgan fingerprint density at radius 1 is 1.53 bits per heavy atom. The van der Waals surface area contributed by atoms with Crippen molar-refractivity contribution in [1.29, 1.82) is 0 Å². The molecule has 0 saturated heterocycles. The van der Waals surface area contributed by atoms with Gasteiger partial charge in [0.2, 0.25) is 0 Å². The van der Waals surface area contributed by atoms with E-state index in [1.807, 2.05) is 6.92 Å². The molecule has 1 N–H and O–H groups in total. The van der Waals surface area contributed by atoms with Crippen molar-refractivity contribution in [2.45, 2.75) is 6.92 Å². The highest BCUT2D eigenvalue weighted by molar-refractivity contribution is 5.93. The fourth-order valence-corrected chi connectivity index (χ4v) is 1.36. The Hall–Kier alpha value is -1.62. The summed E-state index contributed by atoms with van der Waals surface area (Å²) in [5, 5.41) is 3.08. The highest BCUT2D eigenvalue weighted by Gasteiger charge is 2.11. The molecule has 17 heavy (non-hydrogen) atoms. The lowest BCUT2D eigenvalue weighted by Crippen LogP contribution is -2.30. The molecular weight excluding hydrogens is 218 g/mol. The molecule has 5 heteroatoms. The highest BCUT2D eigenvalue weighted by atomic mass is 16.5. The van der Waals surface area contributed by atoms with Crippen LogP contribution in [0.5, 0.6) is 0 Å². The largest absolute Gasteiger partial charge is 0.383 e. The van der Waals surface area contributed by atoms with Crippen LogP contribution in [0.4, 0.5) is 5.82 Å². The summed E-state index contributed by atoms with van der Waals surface area (Å²) < 4.78 is 4.93. The molecule has 0 spiro atoms. The average molecular weight is 237 g/mol. The van der Waals surface area contributed by atoms with Gasteiger partial charge in [-0.15, -0.1) is 0 Å². The Kier molecular flexibility index (Phi) is 5.42. The minimum Gasteiger partial charge on any atom is -0.383 e. The SMILES string of the molecule is CCNc1ccc(C(=O)N(C)CCOC)cn1. The number of pyridine rings is 1. The maximum Gasteiger partial charge on any atom is 0.255 e. The molecule has 0 radical (unpaired) electrons. The third-order valence-electron chi connectivity index (χ3n) is 2.35. The lowest BCUT2D eigenvalue weighted by atomic mass is 10.2. The molecule has 0 unspecified atom stereocenters. The lowest BCUT2D eigenvalue weighted by Gasteiger charge is -2.16. The molecule has 1 rings (SSSR count). The van der Waals surface area contributed by atoms with Gasteiger partial charge in [0.15, 0.2) is 0 Å². The number of amides is 1. The molecule has 0 aliphatic rings. The van der Waals surface area contributed by atoms with E-state index in [0.29, 0.717) is 18.7 Å². The number of hydrogen-bond donors (Lipinski definition) is 1. The fourth-order valence-electron chi connectivity index (χ4n) is 1.36. The quantitative estimate of drug-likeness (QED) is 0.808. The summed E-state index contributed by atoms with van der Waals surface area (Å²) in [4.78, 5) is 17.7. The molecule has 0 aromatic carbocycles. The molecule has 5 nitrogen and oxygen atoms in total. The molecule has 1 amide bonds. The first-order valence-corrected chi connectivity index (χ1v) is 5.63. The van der Waals surface area contributed by atoms with Gasteiger partial charge in [0.25, 0.3) is 5.91 Å². The monoisotopic (exact) mass is 237 g/mol. The van der Waals surface area contributed by atoms with Crippen LogP contribution in [0.25, 0.3) is 0 Å². The van der Waals surface area contributed by atoms with Gasteiger partial charge in [0.1, 0.15) is 5.82 Å². The minimum absolute atomic E-state index is 0.0439. The van der Waals surface area contributed by atoms with Crippen LogP contribution in [0, 0.1) is 0 Å². The zero-order chi connectivity index (χ0) is 12.7. The van der Waals surface area contributed by atoms with Crippen LogP contribution in [0.2, 0.25) is 0 Å². The number of rotatable bonds is 6. The summed E-state index contributed by atoms with van der Waals surface area (Å²) in [6.07, 6.45) is 1.59. The van der Waals surface area contributed by atoms with Crippen molar-refractivity contribution >= 4 is 11.7 Å². The zero-order valence-corrected chi connectivity index (χ0v) is 10.6. The maximum atomic E-state index is 11.9. The van der Waals surface area contributed by atoms with E-state index in [0.717, 1.165) is 12.4 Å². The number of nitrogens with one attached hydrogen (secondary N) is 1. The Bertz CT molecular complexity index is 351. The first-order valence-electron chi connectivity index (χ1n) is 5.63. The second-order valence-electron chi connectivity index (χ2n) is 3.68. The Labute approximate surface area is 102 Å². The molecule has 1 heterocycles. The van der Waals surface area contributed by atoms with Crippen LogP contribution in [0.15, 0.2) is 18.3 Å². The number of carbonyl (C=O) groups is 1. The van der Waals surface area contributed by atoms with Crippen molar-refractivity contribution in [3.8, 4) is 0 Å². The summed E-state index contributed by atoms with van der Waals surface area (Å²) in [6, 6.07) is 3.58. The minimum atomic E-state index is -0.0439. The lowest BCUT2D eigenvalue weighted by molar-refractivity contribution is 0.0744. The van der Waals surface area contributed by atoms with Crippen LogP contribution in [0.1, 0.15) is 17.3 Å².